The van der Waals surface area contributed by atoms with Gasteiger partial charge in [0.2, 0.25) is 5.91 Å². The zero-order chi connectivity index (χ0) is 13.8. The molecule has 1 fully saturated rings. The van der Waals surface area contributed by atoms with E-state index >= 15 is 0 Å². The summed E-state index contributed by atoms with van der Waals surface area (Å²) in [5.41, 5.74) is 0.913. The molecule has 0 bridgehead atoms. The van der Waals surface area contributed by atoms with Crippen molar-refractivity contribution in [3.8, 4) is 0 Å². The summed E-state index contributed by atoms with van der Waals surface area (Å²) in [4.78, 5) is 22.4. The average Bonchev–Trinajstić information content (AvgIpc) is 3.02. The molecule has 0 saturated carbocycles. The molecule has 5 heteroatoms. The van der Waals surface area contributed by atoms with Crippen LogP contribution in [0.5, 0.6) is 0 Å². The highest BCUT2D eigenvalue weighted by molar-refractivity contribution is 5.88. The van der Waals surface area contributed by atoms with Gasteiger partial charge in [-0.1, -0.05) is 12.1 Å². The number of benzene rings is 1. The molecule has 0 unspecified atom stereocenters. The molecule has 104 valence electrons. The first-order valence-corrected chi connectivity index (χ1v) is 7.06. The van der Waals surface area contributed by atoms with Crippen molar-refractivity contribution in [2.45, 2.75) is 19.3 Å². The summed E-state index contributed by atoms with van der Waals surface area (Å²) in [5, 5.41) is 4.23. The largest absolute Gasteiger partial charge is 0.369 e. The maximum absolute atomic E-state index is 12.0. The number of fused-ring (bicyclic) bond motifs is 1. The molecule has 0 atom stereocenters. The summed E-state index contributed by atoms with van der Waals surface area (Å²) in [6, 6.07) is 7.86. The lowest BCUT2D eigenvalue weighted by Crippen LogP contribution is -2.29. The Labute approximate surface area is 118 Å². The molecule has 0 spiro atoms. The van der Waals surface area contributed by atoms with Crippen LogP contribution in [0.4, 0.5) is 5.82 Å². The van der Waals surface area contributed by atoms with E-state index in [-0.39, 0.29) is 5.91 Å². The topological polar surface area (TPSA) is 58.1 Å². The maximum Gasteiger partial charge on any atom is 0.224 e. The van der Waals surface area contributed by atoms with E-state index in [2.05, 4.69) is 15.3 Å². The van der Waals surface area contributed by atoms with Crippen molar-refractivity contribution in [3.63, 3.8) is 0 Å². The van der Waals surface area contributed by atoms with E-state index in [9.17, 15) is 4.79 Å². The molecular formula is C15H18N4O. The zero-order valence-electron chi connectivity index (χ0n) is 11.4. The lowest BCUT2D eigenvalue weighted by molar-refractivity contribution is -0.129. The number of nitrogens with zero attached hydrogens (tertiary/aromatic N) is 3. The predicted molar refractivity (Wildman–Crippen MR) is 78.5 cm³/mol. The molecule has 1 aromatic carbocycles. The van der Waals surface area contributed by atoms with Gasteiger partial charge in [0.05, 0.1) is 5.52 Å². The van der Waals surface area contributed by atoms with Crippen molar-refractivity contribution in [1.82, 2.24) is 14.9 Å². The number of likely N-dealkylation sites (tertiary alicyclic amines) is 1. The normalized spacial score (nSPS) is 14.7. The van der Waals surface area contributed by atoms with Gasteiger partial charge in [0.25, 0.3) is 0 Å². The molecule has 1 aromatic heterocycles. The van der Waals surface area contributed by atoms with E-state index in [0.29, 0.717) is 13.0 Å². The number of hydrogen-bond acceptors (Lipinski definition) is 4. The van der Waals surface area contributed by atoms with E-state index < -0.39 is 0 Å². The third kappa shape index (κ3) is 2.71. The first-order chi connectivity index (χ1) is 9.84. The summed E-state index contributed by atoms with van der Waals surface area (Å²) < 4.78 is 0. The van der Waals surface area contributed by atoms with Crippen LogP contribution in [0.15, 0.2) is 30.6 Å². The van der Waals surface area contributed by atoms with Gasteiger partial charge < -0.3 is 10.2 Å². The van der Waals surface area contributed by atoms with Gasteiger partial charge in [0.15, 0.2) is 0 Å². The van der Waals surface area contributed by atoms with Gasteiger partial charge in [0, 0.05) is 31.4 Å². The summed E-state index contributed by atoms with van der Waals surface area (Å²) in [6.45, 7) is 2.43. The van der Waals surface area contributed by atoms with Gasteiger partial charge >= 0.3 is 0 Å². The SMILES string of the molecule is O=C(CCNc1ncnc2ccccc12)N1CCCC1. The van der Waals surface area contributed by atoms with Crippen molar-refractivity contribution in [1.29, 1.82) is 0 Å². The lowest BCUT2D eigenvalue weighted by Gasteiger charge is -2.15. The second kappa shape index (κ2) is 5.86. The third-order valence-electron chi connectivity index (χ3n) is 3.63. The highest BCUT2D eigenvalue weighted by atomic mass is 16.2. The second-order valence-electron chi connectivity index (χ2n) is 5.00. The number of amides is 1. The van der Waals surface area contributed by atoms with Crippen LogP contribution in [0.2, 0.25) is 0 Å². The highest BCUT2D eigenvalue weighted by Gasteiger charge is 2.17. The van der Waals surface area contributed by atoms with Crippen molar-refractivity contribution in [3.05, 3.63) is 30.6 Å². The van der Waals surface area contributed by atoms with E-state index in [1.807, 2.05) is 29.2 Å². The van der Waals surface area contributed by atoms with Gasteiger partial charge in [-0.15, -0.1) is 0 Å². The van der Waals surface area contributed by atoms with Gasteiger partial charge in [-0.25, -0.2) is 9.97 Å². The standard InChI is InChI=1S/C15H18N4O/c20-14(19-9-3-4-10-19)7-8-16-15-12-5-1-2-6-13(12)17-11-18-15/h1-2,5-6,11H,3-4,7-10H2,(H,16,17,18). The second-order valence-corrected chi connectivity index (χ2v) is 5.00. The van der Waals surface area contributed by atoms with Crippen LogP contribution in [-0.4, -0.2) is 40.4 Å². The first-order valence-electron chi connectivity index (χ1n) is 7.06. The Kier molecular flexibility index (Phi) is 3.76. The van der Waals surface area contributed by atoms with Crippen LogP contribution in [0.3, 0.4) is 0 Å². The first kappa shape index (κ1) is 12.8. The molecule has 1 amide bonds. The molecule has 2 aromatic rings. The van der Waals surface area contributed by atoms with Crippen LogP contribution < -0.4 is 5.32 Å². The smallest absolute Gasteiger partial charge is 0.224 e. The minimum atomic E-state index is 0.230. The van der Waals surface area contributed by atoms with E-state index in [1.54, 1.807) is 6.33 Å². The maximum atomic E-state index is 12.0. The average molecular weight is 270 g/mol. The summed E-state index contributed by atoms with van der Waals surface area (Å²) in [5.74, 6) is 1.03. The molecular weight excluding hydrogens is 252 g/mol. The molecule has 1 aliphatic rings. The van der Waals surface area contributed by atoms with Crippen molar-refractivity contribution < 1.29 is 4.79 Å². The van der Waals surface area contributed by atoms with Crippen LogP contribution in [-0.2, 0) is 4.79 Å². The molecule has 1 aliphatic heterocycles. The molecule has 0 aliphatic carbocycles. The number of carbonyl (C=O) groups is 1. The van der Waals surface area contributed by atoms with Crippen LogP contribution in [0.25, 0.3) is 10.9 Å². The van der Waals surface area contributed by atoms with Crippen LogP contribution in [0, 0.1) is 0 Å². The van der Waals surface area contributed by atoms with E-state index in [0.717, 1.165) is 42.7 Å². The highest BCUT2D eigenvalue weighted by Crippen LogP contribution is 2.18. The minimum absolute atomic E-state index is 0.230. The predicted octanol–water partition coefficient (Wildman–Crippen LogP) is 2.05. The molecule has 5 nitrogen and oxygen atoms in total. The lowest BCUT2D eigenvalue weighted by atomic mass is 10.2. The Balaban J connectivity index is 1.61. The monoisotopic (exact) mass is 270 g/mol. The summed E-state index contributed by atoms with van der Waals surface area (Å²) in [6.07, 6.45) is 4.33. The fraction of sp³-hybridized carbons (Fsp3) is 0.400. The minimum Gasteiger partial charge on any atom is -0.369 e. The quantitative estimate of drug-likeness (QED) is 0.924. The Morgan fingerprint density at radius 1 is 1.20 bits per heavy atom. The van der Waals surface area contributed by atoms with Gasteiger partial charge in [0.1, 0.15) is 12.1 Å². The number of aromatic nitrogens is 2. The van der Waals surface area contributed by atoms with Crippen LogP contribution in [0.1, 0.15) is 19.3 Å². The Morgan fingerprint density at radius 2 is 2.00 bits per heavy atom. The van der Waals surface area contributed by atoms with E-state index in [4.69, 9.17) is 0 Å². The van der Waals surface area contributed by atoms with Gasteiger partial charge in [-0.3, -0.25) is 4.79 Å². The van der Waals surface area contributed by atoms with Gasteiger partial charge in [-0.2, -0.15) is 0 Å². The fourth-order valence-corrected chi connectivity index (χ4v) is 2.56. The molecule has 1 N–H and O–H groups in total. The number of hydrogen-bond donors (Lipinski definition) is 1. The Hall–Kier alpha value is -2.17. The van der Waals surface area contributed by atoms with E-state index in [1.165, 1.54) is 0 Å². The fourth-order valence-electron chi connectivity index (χ4n) is 2.56. The number of para-hydroxylation sites is 1. The molecule has 2 heterocycles. The third-order valence-corrected chi connectivity index (χ3v) is 3.63. The molecule has 0 radical (unpaired) electrons. The van der Waals surface area contributed by atoms with Crippen molar-refractivity contribution in [2.75, 3.05) is 25.0 Å². The number of rotatable bonds is 4. The van der Waals surface area contributed by atoms with Gasteiger partial charge in [-0.05, 0) is 25.0 Å². The molecule has 3 rings (SSSR count). The summed E-state index contributed by atoms with van der Waals surface area (Å²) in [7, 11) is 0. The van der Waals surface area contributed by atoms with Crippen molar-refractivity contribution >= 4 is 22.6 Å². The number of anilines is 1. The number of nitrogens with one attached hydrogen (secondary N) is 1. The van der Waals surface area contributed by atoms with Crippen LogP contribution >= 0.6 is 0 Å². The molecule has 20 heavy (non-hydrogen) atoms. The zero-order valence-corrected chi connectivity index (χ0v) is 11.4. The number of carbonyl (C=O) groups excluding carboxylic acids is 1. The van der Waals surface area contributed by atoms with Crippen molar-refractivity contribution in [2.24, 2.45) is 0 Å². The Morgan fingerprint density at radius 3 is 2.85 bits per heavy atom. The molecule has 1 saturated heterocycles. The summed E-state index contributed by atoms with van der Waals surface area (Å²) >= 11 is 0. The Bertz CT molecular complexity index is 602.